The molecule has 1 heterocycles. The molecule has 0 bridgehead atoms. The van der Waals surface area contributed by atoms with E-state index in [1.165, 1.54) is 12.0 Å². The first-order chi connectivity index (χ1) is 17.8. The predicted octanol–water partition coefficient (Wildman–Crippen LogP) is 6.78. The molecule has 198 valence electrons. The average molecular weight is 505 g/mol. The van der Waals surface area contributed by atoms with Crippen molar-refractivity contribution in [2.75, 3.05) is 0 Å². The van der Waals surface area contributed by atoms with Gasteiger partial charge in [-0.15, -0.1) is 0 Å². The van der Waals surface area contributed by atoms with Crippen LogP contribution in [0.4, 0.5) is 0 Å². The Kier molecular flexibility index (Phi) is 9.67. The standard InChI is InChI=1S/C29H34N2O4.C2H6/c1-28(2,3)35-27(33)24-25(34-20-21-13-7-4-8-14-21)26(32)31-23(30-24)19-29(17-11-6-12-18-29)22-15-9-5-10-16-22;1-2/h4-5,7-10,13-16H,6,11-12,17-20H2,1-3H3,(H,30,31,32);1-2H3. The van der Waals surface area contributed by atoms with Crippen LogP contribution < -0.4 is 10.3 Å². The summed E-state index contributed by atoms with van der Waals surface area (Å²) in [5, 5.41) is 0. The summed E-state index contributed by atoms with van der Waals surface area (Å²) in [6.07, 6.45) is 6.01. The normalized spacial score (nSPS) is 14.7. The number of hydrogen-bond acceptors (Lipinski definition) is 5. The topological polar surface area (TPSA) is 81.3 Å². The highest BCUT2D eigenvalue weighted by atomic mass is 16.6. The molecule has 0 atom stereocenters. The number of hydrogen-bond donors (Lipinski definition) is 1. The Morgan fingerprint density at radius 2 is 1.54 bits per heavy atom. The van der Waals surface area contributed by atoms with Gasteiger partial charge in [-0.1, -0.05) is 93.8 Å². The number of esters is 1. The Morgan fingerprint density at radius 3 is 2.14 bits per heavy atom. The van der Waals surface area contributed by atoms with Gasteiger partial charge < -0.3 is 14.5 Å². The number of carbonyl (C=O) groups is 1. The van der Waals surface area contributed by atoms with Crippen molar-refractivity contribution in [3.8, 4) is 5.75 Å². The maximum atomic E-state index is 13.2. The maximum absolute atomic E-state index is 13.2. The third-order valence-electron chi connectivity index (χ3n) is 6.45. The van der Waals surface area contributed by atoms with Gasteiger partial charge in [-0.25, -0.2) is 9.78 Å². The van der Waals surface area contributed by atoms with E-state index >= 15 is 0 Å². The summed E-state index contributed by atoms with van der Waals surface area (Å²) in [4.78, 5) is 33.9. The lowest BCUT2D eigenvalue weighted by molar-refractivity contribution is 0.00570. The molecule has 2 aromatic carbocycles. The number of carbonyl (C=O) groups excluding carboxylic acids is 1. The summed E-state index contributed by atoms with van der Waals surface area (Å²) < 4.78 is 11.4. The second-order valence-corrected chi connectivity index (χ2v) is 10.4. The quantitative estimate of drug-likeness (QED) is 0.359. The van der Waals surface area contributed by atoms with Gasteiger partial charge in [0.2, 0.25) is 5.75 Å². The van der Waals surface area contributed by atoms with Crippen LogP contribution in [-0.4, -0.2) is 21.5 Å². The van der Waals surface area contributed by atoms with E-state index in [-0.39, 0.29) is 23.5 Å². The van der Waals surface area contributed by atoms with Crippen LogP contribution in [0.5, 0.6) is 5.75 Å². The second-order valence-electron chi connectivity index (χ2n) is 10.4. The number of benzene rings is 2. The largest absolute Gasteiger partial charge is 0.481 e. The van der Waals surface area contributed by atoms with Gasteiger partial charge in [0.1, 0.15) is 18.0 Å². The Hall–Kier alpha value is -3.41. The summed E-state index contributed by atoms with van der Waals surface area (Å²) in [5.41, 5.74) is 0.723. The Bertz CT molecular complexity index is 1190. The second kappa shape index (κ2) is 12.7. The van der Waals surface area contributed by atoms with E-state index in [0.29, 0.717) is 12.2 Å². The van der Waals surface area contributed by atoms with Crippen molar-refractivity contribution in [3.63, 3.8) is 0 Å². The Morgan fingerprint density at radius 1 is 0.946 bits per heavy atom. The van der Waals surface area contributed by atoms with Crippen LogP contribution >= 0.6 is 0 Å². The smallest absolute Gasteiger partial charge is 0.361 e. The maximum Gasteiger partial charge on any atom is 0.361 e. The van der Waals surface area contributed by atoms with E-state index in [9.17, 15) is 9.59 Å². The molecule has 1 aromatic heterocycles. The van der Waals surface area contributed by atoms with Gasteiger partial charge in [0.25, 0.3) is 5.56 Å². The van der Waals surface area contributed by atoms with Crippen LogP contribution in [0, 0.1) is 0 Å². The van der Waals surface area contributed by atoms with E-state index in [1.54, 1.807) is 20.8 Å². The van der Waals surface area contributed by atoms with Crippen LogP contribution in [0.3, 0.4) is 0 Å². The Labute approximate surface area is 220 Å². The molecule has 0 unspecified atom stereocenters. The van der Waals surface area contributed by atoms with Crippen LogP contribution in [0.15, 0.2) is 65.5 Å². The fourth-order valence-electron chi connectivity index (χ4n) is 4.83. The molecule has 4 rings (SSSR count). The fourth-order valence-corrected chi connectivity index (χ4v) is 4.83. The predicted molar refractivity (Wildman–Crippen MR) is 147 cm³/mol. The van der Waals surface area contributed by atoms with Crippen LogP contribution in [0.25, 0.3) is 0 Å². The summed E-state index contributed by atoms with van der Waals surface area (Å²) >= 11 is 0. The Balaban J connectivity index is 0.00000186. The van der Waals surface area contributed by atoms with Gasteiger partial charge >= 0.3 is 5.97 Å². The minimum absolute atomic E-state index is 0.0753. The molecule has 37 heavy (non-hydrogen) atoms. The number of nitrogens with one attached hydrogen (secondary N) is 1. The number of ether oxygens (including phenoxy) is 2. The molecule has 6 nitrogen and oxygen atoms in total. The molecule has 0 spiro atoms. The molecule has 3 aromatic rings. The highest BCUT2D eigenvalue weighted by molar-refractivity contribution is 5.90. The van der Waals surface area contributed by atoms with Crippen molar-refractivity contribution in [2.24, 2.45) is 0 Å². The average Bonchev–Trinajstić information content (AvgIpc) is 2.90. The van der Waals surface area contributed by atoms with E-state index in [4.69, 9.17) is 9.47 Å². The highest BCUT2D eigenvalue weighted by Gasteiger charge is 2.36. The SMILES string of the molecule is CC.CC(C)(C)OC(=O)c1nc(CC2(c3ccccc3)CCCCC2)[nH]c(=O)c1OCc1ccccc1. The third kappa shape index (κ3) is 7.54. The van der Waals surface area contributed by atoms with Gasteiger partial charge in [0.05, 0.1) is 0 Å². The van der Waals surface area contributed by atoms with Gasteiger partial charge in [-0.2, -0.15) is 0 Å². The van der Waals surface area contributed by atoms with Crippen LogP contribution in [0.2, 0.25) is 0 Å². The molecule has 1 fully saturated rings. The molecular formula is C31H40N2O4. The van der Waals surface area contributed by atoms with E-state index in [1.807, 2.05) is 50.2 Å². The molecule has 1 N–H and O–H groups in total. The molecule has 1 saturated carbocycles. The lowest BCUT2D eigenvalue weighted by Crippen LogP contribution is -2.34. The van der Waals surface area contributed by atoms with Crippen molar-refractivity contribution >= 4 is 5.97 Å². The van der Waals surface area contributed by atoms with Gasteiger partial charge in [-0.3, -0.25) is 4.79 Å². The van der Waals surface area contributed by atoms with Gasteiger partial charge in [-0.05, 0) is 44.7 Å². The first-order valence-corrected chi connectivity index (χ1v) is 13.3. The number of aromatic amines is 1. The van der Waals surface area contributed by atoms with Gasteiger partial charge in [0, 0.05) is 11.8 Å². The fraction of sp³-hybridized carbons (Fsp3) is 0.452. The highest BCUT2D eigenvalue weighted by Crippen LogP contribution is 2.41. The number of H-pyrrole nitrogens is 1. The molecule has 0 saturated heterocycles. The summed E-state index contributed by atoms with van der Waals surface area (Å²) in [7, 11) is 0. The molecule has 1 aliphatic rings. The molecule has 0 aliphatic heterocycles. The first-order valence-electron chi connectivity index (χ1n) is 13.3. The number of rotatable bonds is 7. The van der Waals surface area contributed by atoms with Crippen molar-refractivity contribution < 1.29 is 14.3 Å². The van der Waals surface area contributed by atoms with Crippen molar-refractivity contribution in [1.82, 2.24) is 9.97 Å². The summed E-state index contributed by atoms with van der Waals surface area (Å²) in [6.45, 7) is 9.51. The first kappa shape index (κ1) is 28.2. The zero-order chi connectivity index (χ0) is 26.9. The number of nitrogens with zero attached hydrogens (tertiary/aromatic N) is 1. The lowest BCUT2D eigenvalue weighted by Gasteiger charge is -2.37. The molecule has 0 radical (unpaired) electrons. The van der Waals surface area contributed by atoms with Gasteiger partial charge in [0.15, 0.2) is 5.69 Å². The van der Waals surface area contributed by atoms with Crippen molar-refractivity contribution in [2.45, 2.75) is 90.8 Å². The number of aromatic nitrogens is 2. The van der Waals surface area contributed by atoms with E-state index in [0.717, 1.165) is 31.2 Å². The van der Waals surface area contributed by atoms with Crippen molar-refractivity contribution in [1.29, 1.82) is 0 Å². The van der Waals surface area contributed by atoms with Crippen LogP contribution in [-0.2, 0) is 23.2 Å². The summed E-state index contributed by atoms with van der Waals surface area (Å²) in [5.74, 6) is -0.289. The zero-order valence-electron chi connectivity index (χ0n) is 22.8. The molecule has 0 amide bonds. The summed E-state index contributed by atoms with van der Waals surface area (Å²) in [6, 6.07) is 19.9. The monoisotopic (exact) mass is 504 g/mol. The van der Waals surface area contributed by atoms with Crippen LogP contribution in [0.1, 0.15) is 94.2 Å². The van der Waals surface area contributed by atoms with Crippen molar-refractivity contribution in [3.05, 3.63) is 93.7 Å². The lowest BCUT2D eigenvalue weighted by atomic mass is 9.67. The van der Waals surface area contributed by atoms with E-state index < -0.39 is 17.1 Å². The minimum atomic E-state index is -0.729. The molecule has 6 heteroatoms. The minimum Gasteiger partial charge on any atom is -0.481 e. The molecular weight excluding hydrogens is 464 g/mol. The van der Waals surface area contributed by atoms with E-state index in [2.05, 4.69) is 34.2 Å². The third-order valence-corrected chi connectivity index (χ3v) is 6.45. The zero-order valence-corrected chi connectivity index (χ0v) is 22.8. The molecule has 1 aliphatic carbocycles.